The first kappa shape index (κ1) is 8.86. The van der Waals surface area contributed by atoms with Crippen LogP contribution < -0.4 is 0 Å². The summed E-state index contributed by atoms with van der Waals surface area (Å²) in [4.78, 5) is 3.13. The van der Waals surface area contributed by atoms with Gasteiger partial charge in [-0.05, 0) is 12.5 Å². The van der Waals surface area contributed by atoms with E-state index in [1.54, 1.807) is 6.20 Å². The van der Waals surface area contributed by atoms with Gasteiger partial charge >= 0.3 is 0 Å². The molecule has 0 radical (unpaired) electrons. The maximum atomic E-state index is 8.62. The number of nitrogens with zero attached hydrogens (tertiary/aromatic N) is 1. The number of rotatable bonds is 2. The molecule has 0 spiro atoms. The summed E-state index contributed by atoms with van der Waals surface area (Å²) >= 11 is 0. The van der Waals surface area contributed by atoms with E-state index in [-0.39, 0.29) is 5.41 Å². The minimum absolute atomic E-state index is 0.148. The molecule has 0 aliphatic carbocycles. The Bertz CT molecular complexity index is 302. The average molecular weight is 162 g/mol. The Kier molecular flexibility index (Phi) is 2.23. The molecule has 0 amide bonds. The smallest absolute Gasteiger partial charge is 0.101 e. The fraction of sp³-hybridized carbons (Fsp3) is 0.500. The van der Waals surface area contributed by atoms with Crippen LogP contribution in [0, 0.1) is 11.3 Å². The Labute approximate surface area is 73.2 Å². The van der Waals surface area contributed by atoms with Crippen molar-refractivity contribution in [3.8, 4) is 6.07 Å². The summed E-state index contributed by atoms with van der Waals surface area (Å²) in [6, 6.07) is 4.03. The second kappa shape index (κ2) is 3.02. The quantitative estimate of drug-likeness (QED) is 0.713. The van der Waals surface area contributed by atoms with Gasteiger partial charge in [0.1, 0.15) is 6.07 Å². The first-order valence-corrected chi connectivity index (χ1v) is 4.19. The number of aromatic amines is 1. The van der Waals surface area contributed by atoms with E-state index in [1.807, 2.05) is 6.07 Å². The molecule has 2 nitrogen and oxygen atoms in total. The SMILES string of the molecule is CCC(C)(C)c1cc(C#N)c[nH]1. The first-order chi connectivity index (χ1) is 5.60. The molecule has 0 atom stereocenters. The summed E-state index contributed by atoms with van der Waals surface area (Å²) in [5.41, 5.74) is 2.00. The summed E-state index contributed by atoms with van der Waals surface area (Å²) in [6.07, 6.45) is 2.82. The van der Waals surface area contributed by atoms with Crippen molar-refractivity contribution in [3.63, 3.8) is 0 Å². The minimum Gasteiger partial charge on any atom is -0.363 e. The van der Waals surface area contributed by atoms with Gasteiger partial charge in [-0.15, -0.1) is 0 Å². The van der Waals surface area contributed by atoms with E-state index >= 15 is 0 Å². The topological polar surface area (TPSA) is 39.6 Å². The van der Waals surface area contributed by atoms with E-state index < -0.39 is 0 Å². The van der Waals surface area contributed by atoms with Gasteiger partial charge in [0.25, 0.3) is 0 Å². The third-order valence-corrected chi connectivity index (χ3v) is 2.43. The van der Waals surface area contributed by atoms with Crippen LogP contribution >= 0.6 is 0 Å². The van der Waals surface area contributed by atoms with Crippen molar-refractivity contribution in [2.24, 2.45) is 0 Å². The zero-order valence-corrected chi connectivity index (χ0v) is 7.81. The molecule has 0 saturated heterocycles. The van der Waals surface area contributed by atoms with Crippen molar-refractivity contribution in [3.05, 3.63) is 23.5 Å². The van der Waals surface area contributed by atoms with E-state index in [4.69, 9.17) is 5.26 Å². The largest absolute Gasteiger partial charge is 0.363 e. The molecule has 1 heterocycles. The number of aromatic nitrogens is 1. The van der Waals surface area contributed by atoms with Crippen molar-refractivity contribution in [2.75, 3.05) is 0 Å². The van der Waals surface area contributed by atoms with Crippen LogP contribution in [0.4, 0.5) is 0 Å². The lowest BCUT2D eigenvalue weighted by atomic mass is 9.86. The predicted molar refractivity (Wildman–Crippen MR) is 48.8 cm³/mol. The fourth-order valence-electron chi connectivity index (χ4n) is 1.04. The summed E-state index contributed by atoms with van der Waals surface area (Å²) < 4.78 is 0. The molecule has 2 heteroatoms. The molecule has 0 aliphatic heterocycles. The summed E-state index contributed by atoms with van der Waals surface area (Å²) in [6.45, 7) is 6.48. The van der Waals surface area contributed by atoms with Gasteiger partial charge in [0.2, 0.25) is 0 Å². The van der Waals surface area contributed by atoms with Crippen molar-refractivity contribution >= 4 is 0 Å². The highest BCUT2D eigenvalue weighted by Gasteiger charge is 2.19. The van der Waals surface area contributed by atoms with Gasteiger partial charge in [-0.2, -0.15) is 5.26 Å². The van der Waals surface area contributed by atoms with Crippen LogP contribution in [0.5, 0.6) is 0 Å². The van der Waals surface area contributed by atoms with Gasteiger partial charge < -0.3 is 4.98 Å². The fourth-order valence-corrected chi connectivity index (χ4v) is 1.04. The highest BCUT2D eigenvalue weighted by Crippen LogP contribution is 2.25. The monoisotopic (exact) mass is 162 g/mol. The van der Waals surface area contributed by atoms with Gasteiger partial charge in [-0.25, -0.2) is 0 Å². The van der Waals surface area contributed by atoms with Crippen molar-refractivity contribution < 1.29 is 0 Å². The van der Waals surface area contributed by atoms with E-state index in [0.29, 0.717) is 5.56 Å². The normalized spacial score (nSPS) is 11.2. The molecule has 12 heavy (non-hydrogen) atoms. The van der Waals surface area contributed by atoms with Crippen LogP contribution in [0.1, 0.15) is 38.4 Å². The zero-order valence-electron chi connectivity index (χ0n) is 7.81. The molecule has 0 aliphatic rings. The molecule has 1 rings (SSSR count). The van der Waals surface area contributed by atoms with Gasteiger partial charge in [0.05, 0.1) is 5.56 Å². The molecule has 0 saturated carbocycles. The third kappa shape index (κ3) is 1.50. The molecule has 0 aromatic carbocycles. The van der Waals surface area contributed by atoms with E-state index in [9.17, 15) is 0 Å². The van der Waals surface area contributed by atoms with Crippen LogP contribution in [0.15, 0.2) is 12.3 Å². The maximum Gasteiger partial charge on any atom is 0.101 e. The van der Waals surface area contributed by atoms with Gasteiger partial charge in [0.15, 0.2) is 0 Å². The van der Waals surface area contributed by atoms with Crippen LogP contribution in [-0.2, 0) is 5.41 Å². The van der Waals surface area contributed by atoms with Crippen LogP contribution in [0.25, 0.3) is 0 Å². The number of nitriles is 1. The Hall–Kier alpha value is -1.23. The summed E-state index contributed by atoms with van der Waals surface area (Å²) in [5.74, 6) is 0. The number of hydrogen-bond acceptors (Lipinski definition) is 1. The van der Waals surface area contributed by atoms with Crippen molar-refractivity contribution in [1.29, 1.82) is 5.26 Å². The van der Waals surface area contributed by atoms with E-state index in [1.165, 1.54) is 0 Å². The van der Waals surface area contributed by atoms with Crippen molar-refractivity contribution in [1.82, 2.24) is 4.98 Å². The van der Waals surface area contributed by atoms with E-state index in [0.717, 1.165) is 12.1 Å². The highest BCUT2D eigenvalue weighted by atomic mass is 14.7. The number of H-pyrrole nitrogens is 1. The Morgan fingerprint density at radius 1 is 1.58 bits per heavy atom. The predicted octanol–water partition coefficient (Wildman–Crippen LogP) is 2.57. The molecule has 1 N–H and O–H groups in total. The molecular weight excluding hydrogens is 148 g/mol. The zero-order chi connectivity index (χ0) is 9.19. The van der Waals surface area contributed by atoms with Crippen LogP contribution in [0.2, 0.25) is 0 Å². The summed E-state index contributed by atoms with van der Waals surface area (Å²) in [5, 5.41) is 8.62. The second-order valence-electron chi connectivity index (χ2n) is 3.65. The molecule has 0 fully saturated rings. The van der Waals surface area contributed by atoms with Gasteiger partial charge in [0, 0.05) is 17.3 Å². The standard InChI is InChI=1S/C10H14N2/c1-4-10(2,3)9-5-8(6-11)7-12-9/h5,7,12H,4H2,1-3H3. The number of nitrogens with one attached hydrogen (secondary N) is 1. The van der Waals surface area contributed by atoms with Gasteiger partial charge in [-0.1, -0.05) is 20.8 Å². The minimum atomic E-state index is 0.148. The Morgan fingerprint density at radius 2 is 2.25 bits per heavy atom. The third-order valence-electron chi connectivity index (χ3n) is 2.43. The maximum absolute atomic E-state index is 8.62. The van der Waals surface area contributed by atoms with E-state index in [2.05, 4.69) is 31.8 Å². The summed E-state index contributed by atoms with van der Waals surface area (Å²) in [7, 11) is 0. The average Bonchev–Trinajstić information content (AvgIpc) is 2.52. The van der Waals surface area contributed by atoms with Crippen LogP contribution in [0.3, 0.4) is 0 Å². The van der Waals surface area contributed by atoms with Crippen LogP contribution in [-0.4, -0.2) is 4.98 Å². The Balaban J connectivity index is 2.98. The lowest BCUT2D eigenvalue weighted by molar-refractivity contribution is 0.493. The molecular formula is C10H14N2. The molecule has 0 unspecified atom stereocenters. The molecule has 64 valence electrons. The van der Waals surface area contributed by atoms with Gasteiger partial charge in [-0.3, -0.25) is 0 Å². The lowest BCUT2D eigenvalue weighted by Crippen LogP contribution is -2.15. The molecule has 1 aromatic heterocycles. The highest BCUT2D eigenvalue weighted by molar-refractivity contribution is 5.31. The second-order valence-corrected chi connectivity index (χ2v) is 3.65. The lowest BCUT2D eigenvalue weighted by Gasteiger charge is -2.20. The number of hydrogen-bond donors (Lipinski definition) is 1. The Morgan fingerprint density at radius 3 is 2.67 bits per heavy atom. The van der Waals surface area contributed by atoms with Crippen molar-refractivity contribution in [2.45, 2.75) is 32.6 Å². The molecule has 1 aromatic rings. The first-order valence-electron chi connectivity index (χ1n) is 4.19. The molecule has 0 bridgehead atoms.